The summed E-state index contributed by atoms with van der Waals surface area (Å²) < 4.78 is 11.2. The van der Waals surface area contributed by atoms with Gasteiger partial charge < -0.3 is 14.6 Å². The number of hydrogen-bond donors (Lipinski definition) is 2. The maximum Gasteiger partial charge on any atom is 0.409 e. The minimum Gasteiger partial charge on any atom is -0.497 e. The Morgan fingerprint density at radius 3 is 2.54 bits per heavy atom. The predicted octanol–water partition coefficient (Wildman–Crippen LogP) is 3.88. The van der Waals surface area contributed by atoms with Gasteiger partial charge in [-0.2, -0.15) is 0 Å². The van der Waals surface area contributed by atoms with E-state index >= 15 is 0 Å². The van der Waals surface area contributed by atoms with Gasteiger partial charge in [-0.1, -0.05) is 12.1 Å². The lowest BCUT2D eigenvalue weighted by molar-refractivity contribution is -0.384. The molecular formula is C15H13IN2O6. The molecule has 0 fully saturated rings. The smallest absolute Gasteiger partial charge is 0.409 e. The summed E-state index contributed by atoms with van der Waals surface area (Å²) in [7, 11) is 1.57. The van der Waals surface area contributed by atoms with E-state index in [-0.39, 0.29) is 18.0 Å². The van der Waals surface area contributed by atoms with Crippen LogP contribution < -0.4 is 14.8 Å². The van der Waals surface area contributed by atoms with E-state index in [0.29, 0.717) is 9.32 Å². The van der Waals surface area contributed by atoms with Crippen LogP contribution in [0.1, 0.15) is 5.56 Å². The van der Waals surface area contributed by atoms with E-state index in [0.717, 1.165) is 11.3 Å². The first-order valence-electron chi connectivity index (χ1n) is 6.64. The third-order valence-electron chi connectivity index (χ3n) is 3.04. The zero-order valence-corrected chi connectivity index (χ0v) is 14.6. The lowest BCUT2D eigenvalue weighted by atomic mass is 10.2. The van der Waals surface area contributed by atoms with Gasteiger partial charge in [0.2, 0.25) is 0 Å². The molecule has 0 saturated heterocycles. The Morgan fingerprint density at radius 2 is 2.00 bits per heavy atom. The van der Waals surface area contributed by atoms with Crippen LogP contribution in [0.15, 0.2) is 36.4 Å². The minimum absolute atomic E-state index is 0.141. The second-order valence-corrected chi connectivity index (χ2v) is 5.79. The molecule has 1 amide bonds. The first-order valence-corrected chi connectivity index (χ1v) is 7.72. The summed E-state index contributed by atoms with van der Waals surface area (Å²) in [5.41, 5.74) is 0.397. The lowest BCUT2D eigenvalue weighted by Gasteiger charge is -2.11. The van der Waals surface area contributed by atoms with Gasteiger partial charge in [-0.25, -0.2) is 4.79 Å². The molecule has 0 aliphatic carbocycles. The average Bonchev–Trinajstić information content (AvgIpc) is 2.54. The van der Waals surface area contributed by atoms with Crippen LogP contribution in [0, 0.1) is 13.7 Å². The second-order valence-electron chi connectivity index (χ2n) is 4.62. The summed E-state index contributed by atoms with van der Waals surface area (Å²) in [6.45, 7) is 0.227. The van der Waals surface area contributed by atoms with Crippen LogP contribution in [0.3, 0.4) is 0 Å². The number of nitro groups is 1. The molecule has 0 atom stereocenters. The highest BCUT2D eigenvalue weighted by molar-refractivity contribution is 14.1. The standard InChI is InChI=1S/C15H13IN2O6/c1-23-10-4-2-9(3-5-10)8-24-14-7-12(17-15(19)20)13(18(21)22)6-11(14)16/h2-7,17H,8H2,1H3,(H,19,20). The number of amides is 1. The van der Waals surface area contributed by atoms with Crippen molar-refractivity contribution in [3.05, 3.63) is 55.6 Å². The van der Waals surface area contributed by atoms with E-state index < -0.39 is 11.0 Å². The molecule has 9 heteroatoms. The molecule has 0 bridgehead atoms. The normalized spacial score (nSPS) is 10.1. The highest BCUT2D eigenvalue weighted by Crippen LogP contribution is 2.34. The second kappa shape index (κ2) is 7.81. The van der Waals surface area contributed by atoms with Crippen LogP contribution in [-0.2, 0) is 6.61 Å². The molecule has 0 heterocycles. The topological polar surface area (TPSA) is 111 Å². The van der Waals surface area contributed by atoms with Gasteiger partial charge >= 0.3 is 6.09 Å². The van der Waals surface area contributed by atoms with E-state index in [1.54, 1.807) is 19.2 Å². The molecule has 2 aromatic carbocycles. The Morgan fingerprint density at radius 1 is 1.33 bits per heavy atom. The summed E-state index contributed by atoms with van der Waals surface area (Å²) in [6.07, 6.45) is -1.39. The SMILES string of the molecule is COc1ccc(COc2cc(NC(=O)O)c([N+](=O)[O-])cc2I)cc1. The quantitative estimate of drug-likeness (QED) is 0.398. The van der Waals surface area contributed by atoms with Crippen molar-refractivity contribution in [1.29, 1.82) is 0 Å². The Hall–Kier alpha value is -2.56. The summed E-state index contributed by atoms with van der Waals surface area (Å²) >= 11 is 1.90. The van der Waals surface area contributed by atoms with Crippen LogP contribution >= 0.6 is 22.6 Å². The molecule has 0 aliphatic heterocycles. The fourth-order valence-corrected chi connectivity index (χ4v) is 2.51. The van der Waals surface area contributed by atoms with Gasteiger partial charge in [0.1, 0.15) is 23.8 Å². The highest BCUT2D eigenvalue weighted by Gasteiger charge is 2.19. The summed E-state index contributed by atoms with van der Waals surface area (Å²) in [5, 5.41) is 21.8. The van der Waals surface area contributed by atoms with E-state index in [4.69, 9.17) is 14.6 Å². The van der Waals surface area contributed by atoms with Crippen LogP contribution in [0.4, 0.5) is 16.2 Å². The number of ether oxygens (including phenoxy) is 2. The van der Waals surface area contributed by atoms with E-state index in [1.165, 1.54) is 12.1 Å². The number of rotatable bonds is 6. The third kappa shape index (κ3) is 4.47. The minimum atomic E-state index is -1.39. The largest absolute Gasteiger partial charge is 0.497 e. The molecular weight excluding hydrogens is 431 g/mol. The molecule has 0 aliphatic rings. The maximum absolute atomic E-state index is 11.0. The number of anilines is 1. The van der Waals surface area contributed by atoms with Crippen molar-refractivity contribution in [3.63, 3.8) is 0 Å². The molecule has 0 unspecified atom stereocenters. The summed E-state index contributed by atoms with van der Waals surface area (Å²) in [4.78, 5) is 21.2. The number of methoxy groups -OCH3 is 1. The molecule has 2 rings (SSSR count). The van der Waals surface area contributed by atoms with Crippen LogP contribution in [0.5, 0.6) is 11.5 Å². The molecule has 0 radical (unpaired) electrons. The van der Waals surface area contributed by atoms with Crippen molar-refractivity contribution >= 4 is 40.1 Å². The number of carbonyl (C=O) groups is 1. The average molecular weight is 444 g/mol. The van der Waals surface area contributed by atoms with Crippen molar-refractivity contribution < 1.29 is 24.3 Å². The van der Waals surface area contributed by atoms with E-state index in [1.807, 2.05) is 40.0 Å². The van der Waals surface area contributed by atoms with Crippen molar-refractivity contribution in [2.75, 3.05) is 12.4 Å². The Kier molecular flexibility index (Phi) is 5.79. The number of nitro benzene ring substituents is 1. The first-order chi connectivity index (χ1) is 11.4. The van der Waals surface area contributed by atoms with Crippen molar-refractivity contribution in [3.8, 4) is 11.5 Å². The van der Waals surface area contributed by atoms with Gasteiger partial charge in [0.15, 0.2) is 0 Å². The third-order valence-corrected chi connectivity index (χ3v) is 3.88. The fourth-order valence-electron chi connectivity index (χ4n) is 1.90. The molecule has 2 N–H and O–H groups in total. The first kappa shape index (κ1) is 17.8. The zero-order chi connectivity index (χ0) is 17.7. The van der Waals surface area contributed by atoms with Gasteiger partial charge in [0, 0.05) is 12.1 Å². The molecule has 0 saturated carbocycles. The van der Waals surface area contributed by atoms with Gasteiger partial charge in [0.25, 0.3) is 5.69 Å². The van der Waals surface area contributed by atoms with Crippen molar-refractivity contribution in [2.24, 2.45) is 0 Å². The number of hydrogen-bond acceptors (Lipinski definition) is 5. The van der Waals surface area contributed by atoms with Gasteiger partial charge in [0.05, 0.1) is 15.6 Å². The number of nitrogens with zero attached hydrogens (tertiary/aromatic N) is 1. The van der Waals surface area contributed by atoms with Crippen molar-refractivity contribution in [2.45, 2.75) is 6.61 Å². The van der Waals surface area contributed by atoms with Crippen LogP contribution in [-0.4, -0.2) is 23.2 Å². The molecule has 2 aromatic rings. The molecule has 0 spiro atoms. The number of carboxylic acid groups (broad SMARTS) is 1. The van der Waals surface area contributed by atoms with Crippen molar-refractivity contribution in [1.82, 2.24) is 0 Å². The van der Waals surface area contributed by atoms with Gasteiger partial charge in [-0.3, -0.25) is 15.4 Å². The summed E-state index contributed by atoms with van der Waals surface area (Å²) in [6, 6.07) is 9.79. The van der Waals surface area contributed by atoms with Gasteiger partial charge in [-0.15, -0.1) is 0 Å². The Balaban J connectivity index is 2.22. The van der Waals surface area contributed by atoms with Gasteiger partial charge in [-0.05, 0) is 40.3 Å². The number of benzene rings is 2. The Labute approximate surface area is 150 Å². The van der Waals surface area contributed by atoms with Crippen LogP contribution in [0.25, 0.3) is 0 Å². The molecule has 8 nitrogen and oxygen atoms in total. The molecule has 0 aromatic heterocycles. The number of nitrogens with one attached hydrogen (secondary N) is 1. The molecule has 24 heavy (non-hydrogen) atoms. The Bertz CT molecular complexity index is 763. The van der Waals surface area contributed by atoms with E-state index in [2.05, 4.69) is 0 Å². The van der Waals surface area contributed by atoms with Crippen LogP contribution in [0.2, 0.25) is 0 Å². The molecule has 126 valence electrons. The maximum atomic E-state index is 11.0. The predicted molar refractivity (Wildman–Crippen MR) is 94.8 cm³/mol. The number of halogens is 1. The monoisotopic (exact) mass is 444 g/mol. The zero-order valence-electron chi connectivity index (χ0n) is 12.5. The summed E-state index contributed by atoms with van der Waals surface area (Å²) in [5.74, 6) is 1.07. The fraction of sp³-hybridized carbons (Fsp3) is 0.133. The highest BCUT2D eigenvalue weighted by atomic mass is 127. The van der Waals surface area contributed by atoms with E-state index in [9.17, 15) is 14.9 Å². The lowest BCUT2D eigenvalue weighted by Crippen LogP contribution is -2.10.